The lowest BCUT2D eigenvalue weighted by Gasteiger charge is -2.03. The molecule has 2 heterocycles. The summed E-state index contributed by atoms with van der Waals surface area (Å²) in [6, 6.07) is 3.30. The smallest absolute Gasteiger partial charge is 0.326 e. The molecule has 0 saturated heterocycles. The number of rotatable bonds is 2. The maximum Gasteiger partial charge on any atom is 0.434 e. The first-order chi connectivity index (χ1) is 8.02. The Labute approximate surface area is 99.1 Å². The molecule has 2 N–H and O–H groups in total. The molecule has 0 unspecified atom stereocenters. The first-order valence-electron chi connectivity index (χ1n) is 4.69. The summed E-state index contributed by atoms with van der Waals surface area (Å²) in [6.45, 7) is -0.174. The highest BCUT2D eigenvalue weighted by atomic mass is 32.1. The van der Waals surface area contributed by atoms with Crippen LogP contribution in [-0.2, 0) is 12.7 Å². The van der Waals surface area contributed by atoms with Gasteiger partial charge in [0.1, 0.15) is 5.01 Å². The summed E-state index contributed by atoms with van der Waals surface area (Å²) < 4.78 is 37.9. The number of hydrogen-bond donors (Lipinski definition) is 1. The molecule has 90 valence electrons. The maximum absolute atomic E-state index is 12.6. The number of thiazole rings is 1. The third kappa shape index (κ3) is 2.45. The van der Waals surface area contributed by atoms with Crippen LogP contribution in [0.5, 0.6) is 0 Å². The number of nitrogens with zero attached hydrogens (tertiary/aromatic N) is 2. The van der Waals surface area contributed by atoms with E-state index in [1.165, 1.54) is 6.20 Å². The minimum Gasteiger partial charge on any atom is -0.326 e. The van der Waals surface area contributed by atoms with Crippen molar-refractivity contribution in [2.45, 2.75) is 12.7 Å². The average molecular weight is 259 g/mol. The molecule has 17 heavy (non-hydrogen) atoms. The van der Waals surface area contributed by atoms with Gasteiger partial charge in [-0.15, -0.1) is 11.3 Å². The molecule has 2 rings (SSSR count). The van der Waals surface area contributed by atoms with Crippen LogP contribution in [0.2, 0.25) is 0 Å². The molecule has 0 spiro atoms. The standard InChI is InChI=1S/C10H8F3N3S/c11-10(12,13)8-7(4-14)17-9(16-8)6-2-1-3-15-5-6/h1-3,5H,4,14H2. The van der Waals surface area contributed by atoms with E-state index in [0.717, 1.165) is 11.3 Å². The molecule has 7 heteroatoms. The van der Waals surface area contributed by atoms with Gasteiger partial charge in [-0.25, -0.2) is 4.98 Å². The third-order valence-corrected chi connectivity index (χ3v) is 3.19. The molecule has 2 aromatic heterocycles. The number of halogens is 3. The number of aromatic nitrogens is 2. The van der Waals surface area contributed by atoms with Crippen LogP contribution in [0.1, 0.15) is 10.6 Å². The van der Waals surface area contributed by atoms with Gasteiger partial charge in [-0.1, -0.05) is 0 Å². The first kappa shape index (κ1) is 12.0. The summed E-state index contributed by atoms with van der Waals surface area (Å²) in [5, 5.41) is 0.283. The van der Waals surface area contributed by atoms with Crippen molar-refractivity contribution in [3.63, 3.8) is 0 Å². The summed E-state index contributed by atoms with van der Waals surface area (Å²) in [7, 11) is 0. The molecular formula is C10H8F3N3S. The Bertz CT molecular complexity index is 507. The molecule has 0 saturated carbocycles. The van der Waals surface area contributed by atoms with E-state index in [0.29, 0.717) is 5.56 Å². The summed E-state index contributed by atoms with van der Waals surface area (Å²) in [4.78, 5) is 7.48. The van der Waals surface area contributed by atoms with Crippen LogP contribution in [-0.4, -0.2) is 9.97 Å². The minimum atomic E-state index is -4.47. The number of alkyl halides is 3. The molecule has 0 aliphatic rings. The molecule has 0 bridgehead atoms. The number of nitrogens with two attached hydrogens (primary N) is 1. The summed E-state index contributed by atoms with van der Waals surface area (Å²) in [5.74, 6) is 0. The zero-order valence-corrected chi connectivity index (χ0v) is 9.35. The number of hydrogen-bond acceptors (Lipinski definition) is 4. The molecule has 0 aromatic carbocycles. The van der Waals surface area contributed by atoms with Gasteiger partial charge in [0.15, 0.2) is 5.69 Å². The lowest BCUT2D eigenvalue weighted by Crippen LogP contribution is -2.10. The van der Waals surface area contributed by atoms with Crippen molar-refractivity contribution in [3.05, 3.63) is 35.1 Å². The van der Waals surface area contributed by atoms with Crippen molar-refractivity contribution in [1.29, 1.82) is 0 Å². The van der Waals surface area contributed by atoms with Crippen LogP contribution in [0.4, 0.5) is 13.2 Å². The largest absolute Gasteiger partial charge is 0.434 e. The second-order valence-corrected chi connectivity index (χ2v) is 4.32. The molecule has 0 aliphatic heterocycles. The predicted molar refractivity (Wildman–Crippen MR) is 58.2 cm³/mol. The Morgan fingerprint density at radius 2 is 2.12 bits per heavy atom. The van der Waals surface area contributed by atoms with Crippen LogP contribution in [0.25, 0.3) is 10.6 Å². The highest BCUT2D eigenvalue weighted by Crippen LogP contribution is 2.37. The van der Waals surface area contributed by atoms with E-state index < -0.39 is 11.9 Å². The Morgan fingerprint density at radius 1 is 1.35 bits per heavy atom. The van der Waals surface area contributed by atoms with E-state index in [1.807, 2.05) is 0 Å². The van der Waals surface area contributed by atoms with Gasteiger partial charge in [-0.3, -0.25) is 4.98 Å². The molecule has 0 fully saturated rings. The van der Waals surface area contributed by atoms with Crippen molar-refractivity contribution >= 4 is 11.3 Å². The van der Waals surface area contributed by atoms with Gasteiger partial charge in [0.05, 0.1) is 4.88 Å². The normalized spacial score (nSPS) is 11.8. The highest BCUT2D eigenvalue weighted by Gasteiger charge is 2.37. The zero-order chi connectivity index (χ0) is 12.5. The Hall–Kier alpha value is -1.47. The van der Waals surface area contributed by atoms with Crippen molar-refractivity contribution in [3.8, 4) is 10.6 Å². The molecule has 2 aromatic rings. The Balaban J connectivity index is 2.49. The van der Waals surface area contributed by atoms with Crippen LogP contribution in [0.3, 0.4) is 0 Å². The Kier molecular flexibility index (Phi) is 3.12. The van der Waals surface area contributed by atoms with Crippen molar-refractivity contribution in [2.75, 3.05) is 0 Å². The van der Waals surface area contributed by atoms with E-state index in [4.69, 9.17) is 5.73 Å². The van der Waals surface area contributed by atoms with E-state index in [-0.39, 0.29) is 16.4 Å². The van der Waals surface area contributed by atoms with Crippen LogP contribution >= 0.6 is 11.3 Å². The second-order valence-electron chi connectivity index (χ2n) is 3.23. The SMILES string of the molecule is NCc1sc(-c2cccnc2)nc1C(F)(F)F. The summed E-state index contributed by atoms with van der Waals surface area (Å²) >= 11 is 0.943. The van der Waals surface area contributed by atoms with Gasteiger partial charge in [-0.05, 0) is 12.1 Å². The maximum atomic E-state index is 12.6. The molecular weight excluding hydrogens is 251 g/mol. The van der Waals surface area contributed by atoms with Gasteiger partial charge < -0.3 is 5.73 Å². The lowest BCUT2D eigenvalue weighted by atomic mass is 10.3. The average Bonchev–Trinajstić information content (AvgIpc) is 2.74. The summed E-state index contributed by atoms with van der Waals surface area (Å²) in [6.07, 6.45) is -1.45. The fourth-order valence-electron chi connectivity index (χ4n) is 1.32. The minimum absolute atomic E-state index is 0.0383. The topological polar surface area (TPSA) is 51.8 Å². The van der Waals surface area contributed by atoms with E-state index >= 15 is 0 Å². The van der Waals surface area contributed by atoms with Crippen molar-refractivity contribution < 1.29 is 13.2 Å². The fraction of sp³-hybridized carbons (Fsp3) is 0.200. The third-order valence-electron chi connectivity index (χ3n) is 2.06. The zero-order valence-electron chi connectivity index (χ0n) is 8.53. The van der Waals surface area contributed by atoms with E-state index in [9.17, 15) is 13.2 Å². The molecule has 0 radical (unpaired) electrons. The van der Waals surface area contributed by atoms with Crippen molar-refractivity contribution in [2.24, 2.45) is 5.73 Å². The van der Waals surface area contributed by atoms with Gasteiger partial charge in [0.2, 0.25) is 0 Å². The molecule has 3 nitrogen and oxygen atoms in total. The van der Waals surface area contributed by atoms with Gasteiger partial charge in [0, 0.05) is 24.5 Å². The monoisotopic (exact) mass is 259 g/mol. The molecule has 0 aliphatic carbocycles. The fourth-order valence-corrected chi connectivity index (χ4v) is 2.27. The van der Waals surface area contributed by atoms with E-state index in [1.54, 1.807) is 18.3 Å². The molecule has 0 atom stereocenters. The van der Waals surface area contributed by atoms with Gasteiger partial charge >= 0.3 is 6.18 Å². The van der Waals surface area contributed by atoms with Crippen LogP contribution < -0.4 is 5.73 Å². The summed E-state index contributed by atoms with van der Waals surface area (Å²) in [5.41, 5.74) is 4.95. The molecule has 0 amide bonds. The lowest BCUT2D eigenvalue weighted by molar-refractivity contribution is -0.141. The first-order valence-corrected chi connectivity index (χ1v) is 5.51. The highest BCUT2D eigenvalue weighted by molar-refractivity contribution is 7.15. The number of pyridine rings is 1. The van der Waals surface area contributed by atoms with Gasteiger partial charge in [-0.2, -0.15) is 13.2 Å². The quantitative estimate of drug-likeness (QED) is 0.902. The predicted octanol–water partition coefficient (Wildman–Crippen LogP) is 2.68. The van der Waals surface area contributed by atoms with Crippen molar-refractivity contribution in [1.82, 2.24) is 9.97 Å². The Morgan fingerprint density at radius 3 is 2.59 bits per heavy atom. The van der Waals surface area contributed by atoms with Gasteiger partial charge in [0.25, 0.3) is 0 Å². The van der Waals surface area contributed by atoms with Crippen LogP contribution in [0.15, 0.2) is 24.5 Å². The van der Waals surface area contributed by atoms with E-state index in [2.05, 4.69) is 9.97 Å². The second kappa shape index (κ2) is 4.42. The van der Waals surface area contributed by atoms with Crippen LogP contribution in [0, 0.1) is 0 Å².